The highest BCUT2D eigenvalue weighted by atomic mass is 35.5. The highest BCUT2D eigenvalue weighted by Crippen LogP contribution is 2.18. The molecule has 1 unspecified atom stereocenters. The molecule has 23 heavy (non-hydrogen) atoms. The number of rotatable bonds is 3. The van der Waals surface area contributed by atoms with Crippen molar-refractivity contribution in [1.29, 1.82) is 0 Å². The van der Waals surface area contributed by atoms with Crippen LogP contribution in [-0.4, -0.2) is 44.5 Å². The number of carbonyl (C=O) groups excluding carboxylic acids is 1. The van der Waals surface area contributed by atoms with E-state index in [1.54, 1.807) is 12.3 Å². The maximum absolute atomic E-state index is 12.3. The van der Waals surface area contributed by atoms with E-state index < -0.39 is 0 Å². The zero-order valence-corrected chi connectivity index (χ0v) is 14.1. The van der Waals surface area contributed by atoms with Crippen molar-refractivity contribution >= 4 is 41.4 Å². The van der Waals surface area contributed by atoms with Gasteiger partial charge in [-0.1, -0.05) is 4.49 Å². The predicted octanol–water partition coefficient (Wildman–Crippen LogP) is 2.04. The Morgan fingerprint density at radius 3 is 2.87 bits per heavy atom. The second-order valence-electron chi connectivity index (χ2n) is 5.32. The van der Waals surface area contributed by atoms with Gasteiger partial charge in [-0.05, 0) is 42.9 Å². The van der Waals surface area contributed by atoms with Gasteiger partial charge in [0.15, 0.2) is 0 Å². The number of pyridine rings is 1. The monoisotopic (exact) mass is 354 g/mol. The van der Waals surface area contributed by atoms with Crippen LogP contribution in [0.2, 0.25) is 0 Å². The number of aromatic nitrogens is 3. The SMILES string of the molecule is Cl.Nc1ccc(NC2CCCN(C(=O)c3cnns3)CC2)cn1. The Morgan fingerprint density at radius 2 is 2.17 bits per heavy atom. The van der Waals surface area contributed by atoms with Gasteiger partial charge in [-0.3, -0.25) is 4.79 Å². The maximum Gasteiger partial charge on any atom is 0.267 e. The van der Waals surface area contributed by atoms with Gasteiger partial charge in [0.25, 0.3) is 5.91 Å². The first-order valence-corrected chi connectivity index (χ1v) is 8.04. The Balaban J connectivity index is 0.00000192. The van der Waals surface area contributed by atoms with E-state index in [1.807, 2.05) is 11.0 Å². The van der Waals surface area contributed by atoms with Gasteiger partial charge in [-0.15, -0.1) is 17.5 Å². The van der Waals surface area contributed by atoms with Crippen LogP contribution < -0.4 is 11.1 Å². The third-order valence-corrected chi connectivity index (χ3v) is 4.40. The number of nitrogens with zero attached hydrogens (tertiary/aromatic N) is 4. The number of hydrogen-bond acceptors (Lipinski definition) is 7. The van der Waals surface area contributed by atoms with Crippen LogP contribution in [0.5, 0.6) is 0 Å². The highest BCUT2D eigenvalue weighted by Gasteiger charge is 2.22. The van der Waals surface area contributed by atoms with Crippen molar-refractivity contribution in [1.82, 2.24) is 19.5 Å². The lowest BCUT2D eigenvalue weighted by atomic mass is 10.1. The molecule has 124 valence electrons. The lowest BCUT2D eigenvalue weighted by molar-refractivity contribution is 0.0766. The van der Waals surface area contributed by atoms with Gasteiger partial charge in [0.1, 0.15) is 10.7 Å². The van der Waals surface area contributed by atoms with Crippen molar-refractivity contribution in [2.45, 2.75) is 25.3 Å². The summed E-state index contributed by atoms with van der Waals surface area (Å²) in [5, 5.41) is 7.20. The number of nitrogens with two attached hydrogens (primary N) is 1. The molecule has 1 saturated heterocycles. The van der Waals surface area contributed by atoms with Crippen LogP contribution in [0.4, 0.5) is 11.5 Å². The van der Waals surface area contributed by atoms with Crippen LogP contribution in [-0.2, 0) is 0 Å². The number of amides is 1. The standard InChI is InChI=1S/C14H18N6OS.ClH/c15-13-4-3-11(8-16-13)18-10-2-1-6-20(7-5-10)14(21)12-9-17-19-22-12;/h3-4,8-10,18H,1-2,5-7H2,(H2,15,16);1H. The predicted molar refractivity (Wildman–Crippen MR) is 93.0 cm³/mol. The average Bonchev–Trinajstić information content (AvgIpc) is 2.96. The molecule has 1 amide bonds. The Labute approximate surface area is 144 Å². The van der Waals surface area contributed by atoms with Crippen LogP contribution >= 0.6 is 23.9 Å². The average molecular weight is 355 g/mol. The van der Waals surface area contributed by atoms with Crippen molar-refractivity contribution in [2.24, 2.45) is 0 Å². The molecule has 1 aliphatic heterocycles. The lowest BCUT2D eigenvalue weighted by Gasteiger charge is -2.20. The fraction of sp³-hybridized carbons (Fsp3) is 0.429. The molecule has 0 aliphatic carbocycles. The minimum atomic E-state index is 0. The molecule has 2 aromatic rings. The summed E-state index contributed by atoms with van der Waals surface area (Å²) in [6.07, 6.45) is 6.18. The summed E-state index contributed by atoms with van der Waals surface area (Å²) in [7, 11) is 0. The smallest absolute Gasteiger partial charge is 0.267 e. The van der Waals surface area contributed by atoms with E-state index >= 15 is 0 Å². The molecule has 0 spiro atoms. The number of hydrogen-bond donors (Lipinski definition) is 2. The van der Waals surface area contributed by atoms with E-state index in [0.29, 0.717) is 16.7 Å². The Hall–Kier alpha value is -1.93. The molecule has 0 bridgehead atoms. The number of carbonyl (C=O) groups is 1. The fourth-order valence-corrected chi connectivity index (χ4v) is 3.07. The Kier molecular flexibility index (Phi) is 6.12. The van der Waals surface area contributed by atoms with Gasteiger partial charge in [-0.25, -0.2) is 4.98 Å². The van der Waals surface area contributed by atoms with Crippen LogP contribution in [0, 0.1) is 0 Å². The quantitative estimate of drug-likeness (QED) is 0.875. The summed E-state index contributed by atoms with van der Waals surface area (Å²) < 4.78 is 3.75. The summed E-state index contributed by atoms with van der Waals surface area (Å²) in [4.78, 5) is 18.9. The molecule has 1 aliphatic rings. The van der Waals surface area contributed by atoms with Gasteiger partial charge in [-0.2, -0.15) is 0 Å². The first-order valence-electron chi connectivity index (χ1n) is 7.27. The third-order valence-electron chi connectivity index (χ3n) is 3.74. The molecular weight excluding hydrogens is 336 g/mol. The zero-order chi connectivity index (χ0) is 15.4. The minimum absolute atomic E-state index is 0. The van der Waals surface area contributed by atoms with Gasteiger partial charge >= 0.3 is 0 Å². The summed E-state index contributed by atoms with van der Waals surface area (Å²) in [6.45, 7) is 1.51. The van der Waals surface area contributed by atoms with Crippen molar-refractivity contribution in [3.63, 3.8) is 0 Å². The van der Waals surface area contributed by atoms with Gasteiger partial charge < -0.3 is 16.0 Å². The number of nitrogens with one attached hydrogen (secondary N) is 1. The molecule has 0 aromatic carbocycles. The summed E-state index contributed by atoms with van der Waals surface area (Å²) in [6, 6.07) is 4.05. The van der Waals surface area contributed by atoms with E-state index in [4.69, 9.17) is 5.73 Å². The van der Waals surface area contributed by atoms with Crippen molar-refractivity contribution < 1.29 is 4.79 Å². The normalized spacial score (nSPS) is 17.9. The van der Waals surface area contributed by atoms with Crippen molar-refractivity contribution in [3.8, 4) is 0 Å². The fourth-order valence-electron chi connectivity index (χ4n) is 2.59. The molecule has 9 heteroatoms. The molecular formula is C14H19ClN6OS. The van der Waals surface area contributed by atoms with Crippen molar-refractivity contribution in [3.05, 3.63) is 29.4 Å². The molecule has 3 heterocycles. The molecule has 3 N–H and O–H groups in total. The number of nitrogen functional groups attached to an aromatic ring is 1. The lowest BCUT2D eigenvalue weighted by Crippen LogP contribution is -2.32. The van der Waals surface area contributed by atoms with E-state index in [1.165, 1.54) is 6.20 Å². The molecule has 0 saturated carbocycles. The van der Waals surface area contributed by atoms with Crippen LogP contribution in [0.25, 0.3) is 0 Å². The summed E-state index contributed by atoms with van der Waals surface area (Å²) in [5.41, 5.74) is 6.55. The topological polar surface area (TPSA) is 97.0 Å². The van der Waals surface area contributed by atoms with E-state index in [2.05, 4.69) is 19.9 Å². The van der Waals surface area contributed by atoms with E-state index in [-0.39, 0.29) is 18.3 Å². The van der Waals surface area contributed by atoms with Gasteiger partial charge in [0.05, 0.1) is 18.1 Å². The molecule has 3 rings (SSSR count). The number of halogens is 1. The van der Waals surface area contributed by atoms with Crippen LogP contribution in [0.1, 0.15) is 28.9 Å². The van der Waals surface area contributed by atoms with Crippen molar-refractivity contribution in [2.75, 3.05) is 24.1 Å². The zero-order valence-electron chi connectivity index (χ0n) is 12.5. The summed E-state index contributed by atoms with van der Waals surface area (Å²) >= 11 is 1.15. The second-order valence-corrected chi connectivity index (χ2v) is 6.10. The van der Waals surface area contributed by atoms with E-state index in [0.717, 1.165) is 49.6 Å². The largest absolute Gasteiger partial charge is 0.384 e. The van der Waals surface area contributed by atoms with Crippen LogP contribution in [0.3, 0.4) is 0 Å². The summed E-state index contributed by atoms with van der Waals surface area (Å²) in [5.74, 6) is 0.547. The number of likely N-dealkylation sites (tertiary alicyclic amines) is 1. The molecule has 0 radical (unpaired) electrons. The van der Waals surface area contributed by atoms with Crippen LogP contribution in [0.15, 0.2) is 24.5 Å². The first-order chi connectivity index (χ1) is 10.7. The Bertz CT molecular complexity index is 621. The first kappa shape index (κ1) is 17.4. The second kappa shape index (κ2) is 8.07. The molecule has 1 atom stereocenters. The van der Waals surface area contributed by atoms with E-state index in [9.17, 15) is 4.79 Å². The van der Waals surface area contributed by atoms with Gasteiger partial charge in [0, 0.05) is 19.1 Å². The molecule has 2 aromatic heterocycles. The maximum atomic E-state index is 12.3. The number of anilines is 2. The minimum Gasteiger partial charge on any atom is -0.384 e. The highest BCUT2D eigenvalue weighted by molar-refractivity contribution is 7.07. The Morgan fingerprint density at radius 1 is 1.30 bits per heavy atom. The third kappa shape index (κ3) is 4.52. The van der Waals surface area contributed by atoms with Gasteiger partial charge in [0.2, 0.25) is 0 Å². The molecule has 1 fully saturated rings. The molecule has 7 nitrogen and oxygen atoms in total.